The van der Waals surface area contributed by atoms with Gasteiger partial charge in [-0.2, -0.15) is 0 Å². The Labute approximate surface area is 76.8 Å². The van der Waals surface area contributed by atoms with Crippen molar-refractivity contribution in [2.75, 3.05) is 0 Å². The van der Waals surface area contributed by atoms with E-state index in [0.717, 1.165) is 10.6 Å². The minimum Gasteiger partial charge on any atom is -0.391 e. The lowest BCUT2D eigenvalue weighted by molar-refractivity contribution is 0.132. The minimum atomic E-state index is 0.488. The van der Waals surface area contributed by atoms with E-state index in [-0.39, 0.29) is 0 Å². The monoisotopic (exact) mass is 183 g/mol. The molecule has 3 heteroatoms. The molecule has 0 aliphatic rings. The van der Waals surface area contributed by atoms with Crippen LogP contribution >= 0.6 is 11.6 Å². The molecular weight excluding hydrogens is 174 g/mol. The first-order valence-electron chi connectivity index (χ1n) is 3.67. The molecule has 0 heterocycles. The second kappa shape index (κ2) is 4.78. The van der Waals surface area contributed by atoms with Crippen molar-refractivity contribution in [1.82, 2.24) is 0 Å². The Morgan fingerprint density at radius 1 is 1.42 bits per heavy atom. The fraction of sp³-hybridized carbons (Fsp3) is 0.222. The molecule has 0 N–H and O–H groups in total. The Hall–Kier alpha value is -1.02. The fourth-order valence-corrected chi connectivity index (χ4v) is 0.893. The second-order valence-corrected chi connectivity index (χ2v) is 2.70. The quantitative estimate of drug-likeness (QED) is 0.522. The maximum atomic E-state index is 5.70. The third-order valence-corrected chi connectivity index (χ3v) is 1.58. The zero-order valence-electron chi connectivity index (χ0n) is 6.83. The number of nitrogens with zero attached hydrogens (tertiary/aromatic N) is 1. The first-order valence-corrected chi connectivity index (χ1v) is 4.05. The third-order valence-electron chi connectivity index (χ3n) is 1.32. The van der Waals surface area contributed by atoms with E-state index in [0.29, 0.717) is 6.61 Å². The summed E-state index contributed by atoms with van der Waals surface area (Å²) in [5, 5.41) is 4.37. The maximum Gasteiger partial charge on any atom is 0.142 e. The average Bonchev–Trinajstić information content (AvgIpc) is 2.09. The molecule has 0 fully saturated rings. The van der Waals surface area contributed by atoms with Gasteiger partial charge in [-0.05, 0) is 24.6 Å². The number of halogens is 1. The van der Waals surface area contributed by atoms with Crippen molar-refractivity contribution < 1.29 is 4.84 Å². The molecule has 2 nitrogen and oxygen atoms in total. The molecule has 0 aliphatic carbocycles. The highest BCUT2D eigenvalue weighted by atomic mass is 35.5. The van der Waals surface area contributed by atoms with Gasteiger partial charge in [0.2, 0.25) is 0 Å². The van der Waals surface area contributed by atoms with Crippen LogP contribution in [-0.2, 0) is 11.4 Å². The van der Waals surface area contributed by atoms with Crippen LogP contribution in [0.15, 0.2) is 29.4 Å². The number of rotatable bonds is 3. The van der Waals surface area contributed by atoms with Crippen LogP contribution < -0.4 is 0 Å². The molecule has 64 valence electrons. The van der Waals surface area contributed by atoms with Crippen LogP contribution in [-0.4, -0.2) is 6.21 Å². The summed E-state index contributed by atoms with van der Waals surface area (Å²) >= 11 is 5.70. The third kappa shape index (κ3) is 2.93. The Balaban J connectivity index is 2.47. The summed E-state index contributed by atoms with van der Waals surface area (Å²) in [4.78, 5) is 4.94. The summed E-state index contributed by atoms with van der Waals surface area (Å²) in [6.07, 6.45) is 1.61. The van der Waals surface area contributed by atoms with Gasteiger partial charge in [-0.3, -0.25) is 0 Å². The zero-order valence-corrected chi connectivity index (χ0v) is 7.58. The van der Waals surface area contributed by atoms with Gasteiger partial charge in [0.05, 0.1) is 0 Å². The molecule has 0 aliphatic heterocycles. The Kier molecular flexibility index (Phi) is 3.61. The standard InChI is InChI=1S/C9H10ClNO/c1-2-11-12-7-8-3-5-9(10)6-4-8/h2-6H,7H2,1H3. The van der Waals surface area contributed by atoms with Crippen LogP contribution in [0.2, 0.25) is 5.02 Å². The molecular formula is C9H10ClNO. The van der Waals surface area contributed by atoms with E-state index in [9.17, 15) is 0 Å². The van der Waals surface area contributed by atoms with Gasteiger partial charge in [-0.15, -0.1) is 0 Å². The van der Waals surface area contributed by atoms with E-state index < -0.39 is 0 Å². The second-order valence-electron chi connectivity index (χ2n) is 2.26. The molecule has 0 aromatic heterocycles. The SMILES string of the molecule is CC=NOCc1ccc(Cl)cc1. The van der Waals surface area contributed by atoms with Crippen molar-refractivity contribution in [1.29, 1.82) is 0 Å². The minimum absolute atomic E-state index is 0.488. The smallest absolute Gasteiger partial charge is 0.142 e. The van der Waals surface area contributed by atoms with Gasteiger partial charge in [-0.25, -0.2) is 0 Å². The molecule has 0 saturated carbocycles. The van der Waals surface area contributed by atoms with E-state index in [1.54, 1.807) is 6.21 Å². The normalized spacial score (nSPS) is 10.5. The molecule has 0 radical (unpaired) electrons. The first kappa shape index (κ1) is 9.07. The van der Waals surface area contributed by atoms with E-state index in [2.05, 4.69) is 5.16 Å². The molecule has 1 aromatic carbocycles. The fourth-order valence-electron chi connectivity index (χ4n) is 0.767. The first-order chi connectivity index (χ1) is 5.83. The molecule has 0 unspecified atom stereocenters. The maximum absolute atomic E-state index is 5.70. The van der Waals surface area contributed by atoms with E-state index in [1.165, 1.54) is 0 Å². The summed E-state index contributed by atoms with van der Waals surface area (Å²) < 4.78 is 0. The average molecular weight is 184 g/mol. The van der Waals surface area contributed by atoms with Crippen LogP contribution in [0.1, 0.15) is 12.5 Å². The molecule has 1 rings (SSSR count). The van der Waals surface area contributed by atoms with Crippen LogP contribution in [0.5, 0.6) is 0 Å². The van der Waals surface area contributed by atoms with Crippen molar-refractivity contribution >= 4 is 17.8 Å². The molecule has 0 saturated heterocycles. The van der Waals surface area contributed by atoms with Gasteiger partial charge in [-0.1, -0.05) is 28.9 Å². The number of hydrogen-bond acceptors (Lipinski definition) is 2. The Bertz CT molecular complexity index is 256. The van der Waals surface area contributed by atoms with Crippen molar-refractivity contribution in [3.63, 3.8) is 0 Å². The number of oxime groups is 1. The molecule has 0 amide bonds. The summed E-state index contributed by atoms with van der Waals surface area (Å²) in [7, 11) is 0. The lowest BCUT2D eigenvalue weighted by Gasteiger charge is -1.98. The highest BCUT2D eigenvalue weighted by molar-refractivity contribution is 6.30. The predicted octanol–water partition coefficient (Wildman–Crippen LogP) is 2.86. The van der Waals surface area contributed by atoms with E-state index in [4.69, 9.17) is 16.4 Å². The predicted molar refractivity (Wildman–Crippen MR) is 50.4 cm³/mol. The van der Waals surface area contributed by atoms with Crippen molar-refractivity contribution in [3.05, 3.63) is 34.9 Å². The van der Waals surface area contributed by atoms with Crippen LogP contribution in [0.4, 0.5) is 0 Å². The van der Waals surface area contributed by atoms with Gasteiger partial charge in [0.15, 0.2) is 0 Å². The van der Waals surface area contributed by atoms with Crippen LogP contribution in [0.3, 0.4) is 0 Å². The molecule has 1 aromatic rings. The summed E-state index contributed by atoms with van der Waals surface area (Å²) in [6, 6.07) is 7.48. The highest BCUT2D eigenvalue weighted by Crippen LogP contribution is 2.09. The summed E-state index contributed by atoms with van der Waals surface area (Å²) in [5.74, 6) is 0. The van der Waals surface area contributed by atoms with E-state index in [1.807, 2.05) is 31.2 Å². The topological polar surface area (TPSA) is 21.6 Å². The van der Waals surface area contributed by atoms with Crippen molar-refractivity contribution in [2.24, 2.45) is 5.16 Å². The molecule has 0 spiro atoms. The lowest BCUT2D eigenvalue weighted by atomic mass is 10.2. The Morgan fingerprint density at radius 3 is 2.67 bits per heavy atom. The van der Waals surface area contributed by atoms with Crippen molar-refractivity contribution in [2.45, 2.75) is 13.5 Å². The van der Waals surface area contributed by atoms with Crippen molar-refractivity contribution in [3.8, 4) is 0 Å². The Morgan fingerprint density at radius 2 is 2.08 bits per heavy atom. The van der Waals surface area contributed by atoms with Crippen LogP contribution in [0, 0.1) is 0 Å². The van der Waals surface area contributed by atoms with Gasteiger partial charge >= 0.3 is 0 Å². The highest BCUT2D eigenvalue weighted by Gasteiger charge is 1.91. The number of benzene rings is 1. The number of hydrogen-bond donors (Lipinski definition) is 0. The molecule has 0 bridgehead atoms. The van der Waals surface area contributed by atoms with Gasteiger partial charge < -0.3 is 4.84 Å². The van der Waals surface area contributed by atoms with Gasteiger partial charge in [0.25, 0.3) is 0 Å². The molecule has 0 atom stereocenters. The van der Waals surface area contributed by atoms with Crippen LogP contribution in [0.25, 0.3) is 0 Å². The summed E-state index contributed by atoms with van der Waals surface area (Å²) in [6.45, 7) is 2.30. The molecule has 12 heavy (non-hydrogen) atoms. The summed E-state index contributed by atoms with van der Waals surface area (Å²) in [5.41, 5.74) is 1.06. The zero-order chi connectivity index (χ0) is 8.81. The van der Waals surface area contributed by atoms with Gasteiger partial charge in [0.1, 0.15) is 6.61 Å². The van der Waals surface area contributed by atoms with Gasteiger partial charge in [0, 0.05) is 11.2 Å². The van der Waals surface area contributed by atoms with E-state index >= 15 is 0 Å². The lowest BCUT2D eigenvalue weighted by Crippen LogP contribution is -1.85. The largest absolute Gasteiger partial charge is 0.391 e.